The molecule has 0 amide bonds. The van der Waals surface area contributed by atoms with E-state index in [1.54, 1.807) is 23.9 Å². The molecule has 0 radical (unpaired) electrons. The molecule has 0 saturated carbocycles. The zero-order valence-electron chi connectivity index (χ0n) is 8.51. The molecule has 1 aromatic heterocycles. The largest absolute Gasteiger partial charge is 0.477 e. The summed E-state index contributed by atoms with van der Waals surface area (Å²) in [6, 6.07) is 13.4. The van der Waals surface area contributed by atoms with Crippen LogP contribution in [0.15, 0.2) is 47.4 Å². The second-order valence-electron chi connectivity index (χ2n) is 3.30. The van der Waals surface area contributed by atoms with Gasteiger partial charge in [0.25, 0.3) is 0 Å². The van der Waals surface area contributed by atoms with Crippen molar-refractivity contribution in [3.8, 4) is 0 Å². The van der Waals surface area contributed by atoms with Crippen molar-refractivity contribution in [1.82, 2.24) is 4.98 Å². The molecule has 2 aromatic rings. The first kappa shape index (κ1) is 10.8. The number of carbonyl (C=O) groups is 1. The van der Waals surface area contributed by atoms with E-state index in [-0.39, 0.29) is 5.69 Å². The van der Waals surface area contributed by atoms with Gasteiger partial charge in [-0.2, -0.15) is 0 Å². The molecular formula is C12H11NO2S. The number of nitrogens with one attached hydrogen (secondary N) is 1. The van der Waals surface area contributed by atoms with Crippen molar-refractivity contribution >= 4 is 17.7 Å². The molecule has 0 aliphatic heterocycles. The molecule has 4 heteroatoms. The molecule has 0 spiro atoms. The lowest BCUT2D eigenvalue weighted by Crippen LogP contribution is -1.96. The fraction of sp³-hybridized carbons (Fsp3) is 0.0833. The lowest BCUT2D eigenvalue weighted by Gasteiger charge is -1.98. The van der Waals surface area contributed by atoms with Crippen LogP contribution in [0.25, 0.3) is 0 Å². The maximum atomic E-state index is 10.7. The normalized spacial score (nSPS) is 10.2. The van der Waals surface area contributed by atoms with Crippen LogP contribution >= 0.6 is 11.8 Å². The van der Waals surface area contributed by atoms with E-state index in [0.29, 0.717) is 0 Å². The van der Waals surface area contributed by atoms with Crippen LogP contribution in [0.4, 0.5) is 0 Å². The van der Waals surface area contributed by atoms with Gasteiger partial charge in [0, 0.05) is 16.3 Å². The van der Waals surface area contributed by atoms with Gasteiger partial charge in [0.1, 0.15) is 5.69 Å². The molecule has 0 atom stereocenters. The smallest absolute Gasteiger partial charge is 0.352 e. The zero-order chi connectivity index (χ0) is 11.4. The lowest BCUT2D eigenvalue weighted by molar-refractivity contribution is 0.0691. The number of rotatable bonds is 4. The van der Waals surface area contributed by atoms with E-state index in [1.807, 2.05) is 30.3 Å². The molecule has 2 N–H and O–H groups in total. The van der Waals surface area contributed by atoms with Gasteiger partial charge in [-0.1, -0.05) is 18.2 Å². The van der Waals surface area contributed by atoms with Gasteiger partial charge in [-0.25, -0.2) is 4.79 Å². The van der Waals surface area contributed by atoms with Gasteiger partial charge in [-0.05, 0) is 24.3 Å². The van der Waals surface area contributed by atoms with E-state index in [4.69, 9.17) is 5.11 Å². The number of aromatic nitrogens is 1. The number of aromatic amines is 1. The molecule has 2 rings (SSSR count). The quantitative estimate of drug-likeness (QED) is 0.798. The standard InChI is InChI=1S/C12H11NO2S/c14-12(15)11-7-6-9(13-11)8-16-10-4-2-1-3-5-10/h1-7,13H,8H2,(H,14,15). The molecule has 1 aromatic carbocycles. The second kappa shape index (κ2) is 4.90. The van der Waals surface area contributed by atoms with E-state index in [1.165, 1.54) is 4.90 Å². The average Bonchev–Trinajstić information content (AvgIpc) is 2.76. The van der Waals surface area contributed by atoms with E-state index >= 15 is 0 Å². The Bertz CT molecular complexity index is 479. The van der Waals surface area contributed by atoms with Gasteiger partial charge in [0.15, 0.2) is 0 Å². The van der Waals surface area contributed by atoms with E-state index in [0.717, 1.165) is 11.4 Å². The minimum atomic E-state index is -0.920. The molecule has 82 valence electrons. The van der Waals surface area contributed by atoms with Crippen molar-refractivity contribution in [2.24, 2.45) is 0 Å². The average molecular weight is 233 g/mol. The highest BCUT2D eigenvalue weighted by molar-refractivity contribution is 7.98. The predicted molar refractivity (Wildman–Crippen MR) is 63.8 cm³/mol. The van der Waals surface area contributed by atoms with Crippen LogP contribution in [0.5, 0.6) is 0 Å². The number of thioether (sulfide) groups is 1. The van der Waals surface area contributed by atoms with Crippen LogP contribution in [0.1, 0.15) is 16.2 Å². The third-order valence-corrected chi connectivity index (χ3v) is 3.18. The summed E-state index contributed by atoms with van der Waals surface area (Å²) in [5, 5.41) is 8.75. The number of carboxylic acid groups (broad SMARTS) is 1. The van der Waals surface area contributed by atoms with Crippen LogP contribution in [-0.2, 0) is 5.75 Å². The second-order valence-corrected chi connectivity index (χ2v) is 4.35. The van der Waals surface area contributed by atoms with Gasteiger partial charge in [0.05, 0.1) is 0 Å². The first-order valence-corrected chi connectivity index (χ1v) is 5.83. The maximum Gasteiger partial charge on any atom is 0.352 e. The number of aromatic carboxylic acids is 1. The molecule has 0 unspecified atom stereocenters. The van der Waals surface area contributed by atoms with Gasteiger partial charge in [-0.15, -0.1) is 11.8 Å². The number of hydrogen-bond acceptors (Lipinski definition) is 2. The van der Waals surface area contributed by atoms with E-state index in [2.05, 4.69) is 4.98 Å². The minimum absolute atomic E-state index is 0.240. The number of benzene rings is 1. The monoisotopic (exact) mass is 233 g/mol. The van der Waals surface area contributed by atoms with Crippen LogP contribution in [-0.4, -0.2) is 16.1 Å². The predicted octanol–water partition coefficient (Wildman–Crippen LogP) is 3.01. The Morgan fingerprint density at radius 2 is 1.94 bits per heavy atom. The highest BCUT2D eigenvalue weighted by Gasteiger charge is 2.05. The SMILES string of the molecule is O=C(O)c1ccc(CSc2ccccc2)[nH]1. The molecular weight excluding hydrogens is 222 g/mol. The summed E-state index contributed by atoms with van der Waals surface area (Å²) in [7, 11) is 0. The molecule has 0 fully saturated rings. The fourth-order valence-electron chi connectivity index (χ4n) is 1.33. The Kier molecular flexibility index (Phi) is 3.31. The molecule has 3 nitrogen and oxygen atoms in total. The molecule has 0 aliphatic rings. The molecule has 0 aliphatic carbocycles. The Balaban J connectivity index is 1.97. The summed E-state index contributed by atoms with van der Waals surface area (Å²) in [6.45, 7) is 0. The summed E-state index contributed by atoms with van der Waals surface area (Å²) in [5.74, 6) is -0.173. The summed E-state index contributed by atoms with van der Waals surface area (Å²) < 4.78 is 0. The highest BCUT2D eigenvalue weighted by Crippen LogP contribution is 2.21. The molecule has 16 heavy (non-hydrogen) atoms. The Labute approximate surface area is 97.5 Å². The summed E-state index contributed by atoms with van der Waals surface area (Å²) in [6.07, 6.45) is 0. The van der Waals surface area contributed by atoms with Crippen LogP contribution in [0.3, 0.4) is 0 Å². The van der Waals surface area contributed by atoms with Gasteiger partial charge >= 0.3 is 5.97 Å². The lowest BCUT2D eigenvalue weighted by atomic mass is 10.4. The minimum Gasteiger partial charge on any atom is -0.477 e. The van der Waals surface area contributed by atoms with E-state index < -0.39 is 5.97 Å². The Morgan fingerprint density at radius 3 is 2.56 bits per heavy atom. The molecule has 1 heterocycles. The summed E-state index contributed by atoms with van der Waals surface area (Å²) >= 11 is 1.67. The Morgan fingerprint density at radius 1 is 1.19 bits per heavy atom. The number of hydrogen-bond donors (Lipinski definition) is 2. The van der Waals surface area contributed by atoms with Crippen LogP contribution in [0, 0.1) is 0 Å². The third-order valence-electron chi connectivity index (χ3n) is 2.11. The van der Waals surface area contributed by atoms with Crippen molar-refractivity contribution in [2.45, 2.75) is 10.6 Å². The first-order chi connectivity index (χ1) is 7.75. The highest BCUT2D eigenvalue weighted by atomic mass is 32.2. The van der Waals surface area contributed by atoms with E-state index in [9.17, 15) is 4.79 Å². The Hall–Kier alpha value is -1.68. The zero-order valence-corrected chi connectivity index (χ0v) is 9.33. The summed E-state index contributed by atoms with van der Waals surface area (Å²) in [4.78, 5) is 14.7. The van der Waals surface area contributed by atoms with Crippen molar-refractivity contribution in [1.29, 1.82) is 0 Å². The number of carboxylic acids is 1. The first-order valence-electron chi connectivity index (χ1n) is 4.85. The van der Waals surface area contributed by atoms with Crippen molar-refractivity contribution in [3.63, 3.8) is 0 Å². The van der Waals surface area contributed by atoms with Gasteiger partial charge < -0.3 is 10.1 Å². The summed E-state index contributed by atoms with van der Waals surface area (Å²) in [5.41, 5.74) is 1.16. The van der Waals surface area contributed by atoms with Crippen molar-refractivity contribution in [3.05, 3.63) is 53.9 Å². The number of H-pyrrole nitrogens is 1. The topological polar surface area (TPSA) is 53.1 Å². The van der Waals surface area contributed by atoms with Crippen molar-refractivity contribution < 1.29 is 9.90 Å². The molecule has 0 saturated heterocycles. The third kappa shape index (κ3) is 2.67. The van der Waals surface area contributed by atoms with Crippen molar-refractivity contribution in [2.75, 3.05) is 0 Å². The fourth-order valence-corrected chi connectivity index (χ4v) is 2.17. The molecule has 0 bridgehead atoms. The van der Waals surface area contributed by atoms with Crippen LogP contribution < -0.4 is 0 Å². The maximum absolute atomic E-state index is 10.7. The van der Waals surface area contributed by atoms with Crippen LogP contribution in [0.2, 0.25) is 0 Å². The van der Waals surface area contributed by atoms with Gasteiger partial charge in [0.2, 0.25) is 0 Å². The van der Waals surface area contributed by atoms with Gasteiger partial charge in [-0.3, -0.25) is 0 Å².